The minimum atomic E-state index is -0.633. The summed E-state index contributed by atoms with van der Waals surface area (Å²) >= 11 is 0. The van der Waals surface area contributed by atoms with E-state index < -0.39 is 12.1 Å². The minimum Gasteiger partial charge on any atom is -0.497 e. The Hall–Kier alpha value is -2.34. The average molecular weight is 303 g/mol. The van der Waals surface area contributed by atoms with E-state index >= 15 is 0 Å². The van der Waals surface area contributed by atoms with Crippen LogP contribution in [0.3, 0.4) is 0 Å². The summed E-state index contributed by atoms with van der Waals surface area (Å²) in [5, 5.41) is 0. The van der Waals surface area contributed by atoms with Crippen LogP contribution < -0.4 is 10.5 Å². The summed E-state index contributed by atoms with van der Waals surface area (Å²) in [6, 6.07) is 4.14. The Kier molecular flexibility index (Phi) is 4.51. The fourth-order valence-corrected chi connectivity index (χ4v) is 2.33. The molecule has 6 heteroatoms. The lowest BCUT2D eigenvalue weighted by molar-refractivity contribution is -0.131. The van der Waals surface area contributed by atoms with E-state index in [0.717, 1.165) is 5.52 Å². The lowest BCUT2D eigenvalue weighted by Crippen LogP contribution is -2.47. The molecule has 0 saturated heterocycles. The van der Waals surface area contributed by atoms with Crippen LogP contribution in [0.25, 0.3) is 5.52 Å². The van der Waals surface area contributed by atoms with Crippen molar-refractivity contribution in [1.29, 1.82) is 0 Å². The maximum Gasteiger partial charge on any atom is 0.239 e. The largest absolute Gasteiger partial charge is 0.497 e. The van der Waals surface area contributed by atoms with Gasteiger partial charge < -0.3 is 19.8 Å². The van der Waals surface area contributed by atoms with E-state index in [1.807, 2.05) is 22.9 Å². The molecule has 0 aliphatic rings. The molecule has 0 aliphatic carbocycles. The number of fused-ring (bicyclic) bond motifs is 1. The van der Waals surface area contributed by atoms with Crippen molar-refractivity contribution in [3.63, 3.8) is 0 Å². The Labute approximate surface area is 129 Å². The standard InChI is InChI=1S/C16H21N3O3/c1-10(17)16(21)18(3)11(2)15(20)13-6-8-19-7-5-12(22-4)9-14(13)19/h5-11H,17H2,1-4H3/t10-,11?/m0/s1. The lowest BCUT2D eigenvalue weighted by atomic mass is 10.0. The van der Waals surface area contributed by atoms with Gasteiger partial charge in [0.25, 0.3) is 0 Å². The number of nitrogens with two attached hydrogens (primary N) is 1. The molecule has 1 unspecified atom stereocenters. The van der Waals surface area contributed by atoms with Gasteiger partial charge in [0, 0.05) is 31.1 Å². The monoisotopic (exact) mass is 303 g/mol. The van der Waals surface area contributed by atoms with Crippen molar-refractivity contribution in [2.45, 2.75) is 25.9 Å². The number of methoxy groups -OCH3 is 1. The summed E-state index contributed by atoms with van der Waals surface area (Å²) in [6.07, 6.45) is 3.63. The van der Waals surface area contributed by atoms with Crippen molar-refractivity contribution in [1.82, 2.24) is 9.30 Å². The molecule has 6 nitrogen and oxygen atoms in total. The van der Waals surface area contributed by atoms with E-state index in [1.165, 1.54) is 4.90 Å². The molecule has 2 heterocycles. The third kappa shape index (κ3) is 2.82. The molecule has 2 atom stereocenters. The van der Waals surface area contributed by atoms with Crippen molar-refractivity contribution in [3.8, 4) is 5.75 Å². The minimum absolute atomic E-state index is 0.132. The fourth-order valence-electron chi connectivity index (χ4n) is 2.33. The molecule has 22 heavy (non-hydrogen) atoms. The molecule has 2 N–H and O–H groups in total. The van der Waals surface area contributed by atoms with Gasteiger partial charge in [0.05, 0.1) is 24.7 Å². The Balaban J connectivity index is 2.35. The number of carbonyl (C=O) groups is 2. The van der Waals surface area contributed by atoms with Crippen LogP contribution in [0.1, 0.15) is 24.2 Å². The number of ether oxygens (including phenoxy) is 1. The van der Waals surface area contributed by atoms with Gasteiger partial charge in [0.2, 0.25) is 5.91 Å². The molecular formula is C16H21N3O3. The van der Waals surface area contributed by atoms with Gasteiger partial charge in [0.1, 0.15) is 5.75 Å². The number of carbonyl (C=O) groups excluding carboxylic acids is 2. The molecule has 1 amide bonds. The first-order valence-electron chi connectivity index (χ1n) is 7.08. The summed E-state index contributed by atoms with van der Waals surface area (Å²) in [7, 11) is 3.17. The van der Waals surface area contributed by atoms with Crippen LogP contribution in [-0.4, -0.2) is 47.2 Å². The van der Waals surface area contributed by atoms with E-state index in [1.54, 1.807) is 40.1 Å². The highest BCUT2D eigenvalue weighted by atomic mass is 16.5. The number of amides is 1. The van der Waals surface area contributed by atoms with Gasteiger partial charge in [-0.25, -0.2) is 0 Å². The summed E-state index contributed by atoms with van der Waals surface area (Å²) in [5.41, 5.74) is 6.90. The number of aromatic nitrogens is 1. The predicted octanol–water partition coefficient (Wildman–Crippen LogP) is 1.32. The first kappa shape index (κ1) is 16.0. The summed E-state index contributed by atoms with van der Waals surface area (Å²) in [6.45, 7) is 3.31. The van der Waals surface area contributed by atoms with E-state index in [4.69, 9.17) is 10.5 Å². The molecule has 0 aromatic carbocycles. The van der Waals surface area contributed by atoms with Crippen molar-refractivity contribution < 1.29 is 14.3 Å². The number of ketones is 1. The average Bonchev–Trinajstić information content (AvgIpc) is 2.94. The maximum atomic E-state index is 12.7. The number of hydrogen-bond acceptors (Lipinski definition) is 4. The molecule has 0 bridgehead atoms. The highest BCUT2D eigenvalue weighted by molar-refractivity contribution is 6.07. The summed E-state index contributed by atoms with van der Waals surface area (Å²) < 4.78 is 7.04. The fraction of sp³-hybridized carbons (Fsp3) is 0.375. The van der Waals surface area contributed by atoms with Gasteiger partial charge in [-0.3, -0.25) is 9.59 Å². The third-order valence-electron chi connectivity index (χ3n) is 3.83. The topological polar surface area (TPSA) is 77.0 Å². The number of Topliss-reactive ketones (excluding diaryl/α,β-unsaturated/α-hetero) is 1. The van der Waals surface area contributed by atoms with Gasteiger partial charge in [0.15, 0.2) is 5.78 Å². The third-order valence-corrected chi connectivity index (χ3v) is 3.83. The van der Waals surface area contributed by atoms with Crippen LogP contribution in [0.5, 0.6) is 5.75 Å². The van der Waals surface area contributed by atoms with E-state index in [2.05, 4.69) is 0 Å². The van der Waals surface area contributed by atoms with Gasteiger partial charge >= 0.3 is 0 Å². The first-order valence-corrected chi connectivity index (χ1v) is 7.08. The predicted molar refractivity (Wildman–Crippen MR) is 84.2 cm³/mol. The van der Waals surface area contributed by atoms with Gasteiger partial charge in [-0.15, -0.1) is 0 Å². The van der Waals surface area contributed by atoms with Crippen molar-refractivity contribution in [3.05, 3.63) is 36.2 Å². The van der Waals surface area contributed by atoms with Crippen LogP contribution in [0.2, 0.25) is 0 Å². The zero-order chi connectivity index (χ0) is 16.4. The Morgan fingerprint density at radius 1 is 1.27 bits per heavy atom. The molecule has 0 radical (unpaired) electrons. The normalized spacial score (nSPS) is 13.7. The number of pyridine rings is 1. The van der Waals surface area contributed by atoms with Crippen molar-refractivity contribution >= 4 is 17.2 Å². The number of hydrogen-bond donors (Lipinski definition) is 1. The molecule has 0 saturated carbocycles. The summed E-state index contributed by atoms with van der Waals surface area (Å²) in [4.78, 5) is 26.0. The zero-order valence-corrected chi connectivity index (χ0v) is 13.2. The van der Waals surface area contributed by atoms with E-state index in [0.29, 0.717) is 11.3 Å². The molecule has 2 aromatic heterocycles. The van der Waals surface area contributed by atoms with Crippen LogP contribution in [0.15, 0.2) is 30.6 Å². The van der Waals surface area contributed by atoms with Crippen LogP contribution in [-0.2, 0) is 4.79 Å². The molecule has 0 spiro atoms. The smallest absolute Gasteiger partial charge is 0.239 e. The SMILES string of the molecule is COc1ccn2ccc(C(=O)C(C)N(C)C(=O)[C@H](C)N)c2c1. The second kappa shape index (κ2) is 6.19. The number of likely N-dealkylation sites (N-methyl/N-ethyl adjacent to an activating group) is 1. The van der Waals surface area contributed by atoms with Crippen molar-refractivity contribution in [2.24, 2.45) is 5.73 Å². The first-order chi connectivity index (χ1) is 10.4. The van der Waals surface area contributed by atoms with Gasteiger partial charge in [-0.2, -0.15) is 0 Å². The molecular weight excluding hydrogens is 282 g/mol. The van der Waals surface area contributed by atoms with Crippen molar-refractivity contribution in [2.75, 3.05) is 14.2 Å². The second-order valence-corrected chi connectivity index (χ2v) is 5.37. The molecule has 2 aromatic rings. The van der Waals surface area contributed by atoms with E-state index in [9.17, 15) is 9.59 Å². The lowest BCUT2D eigenvalue weighted by Gasteiger charge is -2.25. The van der Waals surface area contributed by atoms with Crippen LogP contribution >= 0.6 is 0 Å². The summed E-state index contributed by atoms with van der Waals surface area (Å²) in [5.74, 6) is 0.280. The Bertz CT molecular complexity index is 706. The van der Waals surface area contributed by atoms with E-state index in [-0.39, 0.29) is 11.7 Å². The second-order valence-electron chi connectivity index (χ2n) is 5.37. The Morgan fingerprint density at radius 3 is 2.50 bits per heavy atom. The molecule has 2 rings (SSSR count). The molecule has 0 fully saturated rings. The van der Waals surface area contributed by atoms with Crippen LogP contribution in [0, 0.1) is 0 Å². The van der Waals surface area contributed by atoms with Crippen LogP contribution in [0.4, 0.5) is 0 Å². The molecule has 0 aliphatic heterocycles. The van der Waals surface area contributed by atoms with Gasteiger partial charge in [-0.1, -0.05) is 0 Å². The highest BCUT2D eigenvalue weighted by Gasteiger charge is 2.26. The maximum absolute atomic E-state index is 12.7. The molecule has 118 valence electrons. The highest BCUT2D eigenvalue weighted by Crippen LogP contribution is 2.21. The number of rotatable bonds is 5. The Morgan fingerprint density at radius 2 is 1.91 bits per heavy atom. The number of nitrogens with zero attached hydrogens (tertiary/aromatic N) is 2. The zero-order valence-electron chi connectivity index (χ0n) is 13.2. The van der Waals surface area contributed by atoms with Gasteiger partial charge in [-0.05, 0) is 26.0 Å². The quantitative estimate of drug-likeness (QED) is 0.845.